The summed E-state index contributed by atoms with van der Waals surface area (Å²) in [6, 6.07) is 6.41. The Balaban J connectivity index is 2.13. The highest BCUT2D eigenvalue weighted by Gasteiger charge is 2.20. The number of aryl methyl sites for hydroxylation is 1. The van der Waals surface area contributed by atoms with Crippen molar-refractivity contribution in [3.63, 3.8) is 0 Å². The van der Waals surface area contributed by atoms with Crippen LogP contribution in [0.25, 0.3) is 10.9 Å². The maximum atomic E-state index is 12.7. The van der Waals surface area contributed by atoms with E-state index in [9.17, 15) is 13.6 Å². The van der Waals surface area contributed by atoms with Gasteiger partial charge in [-0.25, -0.2) is 8.78 Å². The molecule has 0 saturated heterocycles. The molecule has 0 spiro atoms. The third kappa shape index (κ3) is 2.62. The van der Waals surface area contributed by atoms with E-state index >= 15 is 0 Å². The van der Waals surface area contributed by atoms with E-state index in [1.54, 1.807) is 25.1 Å². The molecule has 23 heavy (non-hydrogen) atoms. The van der Waals surface area contributed by atoms with Gasteiger partial charge in [-0.15, -0.1) is 11.3 Å². The van der Waals surface area contributed by atoms with E-state index in [1.807, 2.05) is 0 Å². The summed E-state index contributed by atoms with van der Waals surface area (Å²) in [5.74, 6) is 0.154. The normalized spacial score (nSPS) is 11.4. The number of carbonyl (C=O) groups excluding carboxylic acids is 1. The smallest absolute Gasteiger partial charge is 0.272 e. The van der Waals surface area contributed by atoms with E-state index in [1.165, 1.54) is 23.1 Å². The van der Waals surface area contributed by atoms with Crippen molar-refractivity contribution in [3.8, 4) is 5.75 Å². The van der Waals surface area contributed by atoms with Gasteiger partial charge in [-0.3, -0.25) is 9.36 Å². The van der Waals surface area contributed by atoms with Gasteiger partial charge in [-0.1, -0.05) is 11.6 Å². The van der Waals surface area contributed by atoms with Gasteiger partial charge in [0.05, 0.1) is 28.1 Å². The first-order valence-electron chi connectivity index (χ1n) is 6.70. The molecular weight excluding hydrogens is 344 g/mol. The Morgan fingerprint density at radius 2 is 2.09 bits per heavy atom. The average Bonchev–Trinajstić information content (AvgIpc) is 3.12. The fourth-order valence-electron chi connectivity index (χ4n) is 2.49. The number of aromatic nitrogens is 1. The zero-order valence-corrected chi connectivity index (χ0v) is 13.8. The largest absolute Gasteiger partial charge is 0.495 e. The third-order valence-corrected chi connectivity index (χ3v) is 4.90. The molecule has 0 fully saturated rings. The highest BCUT2D eigenvalue weighted by atomic mass is 35.5. The number of halogens is 3. The van der Waals surface area contributed by atoms with E-state index < -0.39 is 6.43 Å². The molecule has 3 aromatic rings. The Kier molecular flexibility index (Phi) is 4.12. The number of hydrogen-bond acceptors (Lipinski definition) is 3. The maximum Gasteiger partial charge on any atom is 0.272 e. The van der Waals surface area contributed by atoms with Crippen molar-refractivity contribution < 1.29 is 18.3 Å². The molecule has 3 rings (SSSR count). The molecule has 0 unspecified atom stereocenters. The number of carbonyl (C=O) groups is 1. The van der Waals surface area contributed by atoms with Crippen molar-refractivity contribution in [2.45, 2.75) is 13.3 Å². The first-order chi connectivity index (χ1) is 10.9. The second-order valence-corrected chi connectivity index (χ2v) is 6.30. The maximum absolute atomic E-state index is 12.7. The Hall–Kier alpha value is -1.92. The Morgan fingerprint density at radius 1 is 1.35 bits per heavy atom. The Labute approximate surface area is 140 Å². The van der Waals surface area contributed by atoms with Crippen LogP contribution in [0.4, 0.5) is 8.78 Å². The number of hydrogen-bond donors (Lipinski definition) is 0. The molecule has 0 radical (unpaired) electrons. The fourth-order valence-corrected chi connectivity index (χ4v) is 3.52. The summed E-state index contributed by atoms with van der Waals surface area (Å²) in [4.78, 5) is 12.6. The monoisotopic (exact) mass is 355 g/mol. The quantitative estimate of drug-likeness (QED) is 0.638. The SMILES string of the molecule is COc1ccc2c(cc(C)n2C(=O)c2csc(C(F)F)c2)c1Cl. The number of nitrogens with zero attached hydrogens (tertiary/aromatic N) is 1. The lowest BCUT2D eigenvalue weighted by atomic mass is 10.2. The second-order valence-electron chi connectivity index (χ2n) is 4.98. The predicted molar refractivity (Wildman–Crippen MR) is 87.2 cm³/mol. The van der Waals surface area contributed by atoms with Gasteiger partial charge in [0, 0.05) is 16.5 Å². The number of benzene rings is 1. The summed E-state index contributed by atoms with van der Waals surface area (Å²) in [5, 5.41) is 2.54. The number of thiophene rings is 1. The summed E-state index contributed by atoms with van der Waals surface area (Å²) < 4.78 is 32.1. The van der Waals surface area contributed by atoms with E-state index in [4.69, 9.17) is 16.3 Å². The van der Waals surface area contributed by atoms with Crippen LogP contribution in [0.1, 0.15) is 27.4 Å². The van der Waals surface area contributed by atoms with Gasteiger partial charge >= 0.3 is 0 Å². The summed E-state index contributed by atoms with van der Waals surface area (Å²) in [6.07, 6.45) is -2.58. The molecule has 0 aliphatic heterocycles. The van der Waals surface area contributed by atoms with Crippen LogP contribution in [0.2, 0.25) is 5.02 Å². The number of rotatable bonds is 3. The molecule has 0 bridgehead atoms. The van der Waals surface area contributed by atoms with Gasteiger partial charge < -0.3 is 4.74 Å². The van der Waals surface area contributed by atoms with Crippen LogP contribution in [0.3, 0.4) is 0 Å². The molecule has 3 nitrogen and oxygen atoms in total. The first-order valence-corrected chi connectivity index (χ1v) is 7.95. The van der Waals surface area contributed by atoms with Gasteiger partial charge in [0.1, 0.15) is 5.75 Å². The van der Waals surface area contributed by atoms with Crippen LogP contribution < -0.4 is 4.74 Å². The zero-order valence-electron chi connectivity index (χ0n) is 12.3. The Bertz CT molecular complexity index is 901. The minimum absolute atomic E-state index is 0.123. The van der Waals surface area contributed by atoms with Gasteiger partial charge in [-0.2, -0.15) is 0 Å². The first kappa shape index (κ1) is 16.0. The van der Waals surface area contributed by atoms with E-state index in [0.29, 0.717) is 27.4 Å². The summed E-state index contributed by atoms with van der Waals surface area (Å²) >= 11 is 7.15. The number of methoxy groups -OCH3 is 1. The standard InChI is InChI=1S/C16H12ClF2NO2S/c1-8-5-10-11(3-4-12(22-2)14(10)17)20(8)16(21)9-6-13(15(18)19)23-7-9/h3-7,15H,1-2H3. The van der Waals surface area contributed by atoms with E-state index in [0.717, 1.165) is 11.3 Å². The van der Waals surface area contributed by atoms with Crippen LogP contribution in [0, 0.1) is 6.92 Å². The summed E-state index contributed by atoms with van der Waals surface area (Å²) in [5.41, 5.74) is 1.52. The molecular formula is C16H12ClF2NO2S. The summed E-state index contributed by atoms with van der Waals surface area (Å²) in [6.45, 7) is 1.76. The molecule has 2 aromatic heterocycles. The van der Waals surface area contributed by atoms with Gasteiger partial charge in [0.15, 0.2) is 0 Å². The average molecular weight is 356 g/mol. The lowest BCUT2D eigenvalue weighted by Gasteiger charge is -2.07. The van der Waals surface area contributed by atoms with Crippen molar-refractivity contribution in [2.24, 2.45) is 0 Å². The molecule has 1 aromatic carbocycles. The van der Waals surface area contributed by atoms with Crippen LogP contribution in [-0.4, -0.2) is 17.6 Å². The molecule has 0 saturated carbocycles. The number of ether oxygens (including phenoxy) is 1. The lowest BCUT2D eigenvalue weighted by Crippen LogP contribution is -2.12. The molecule has 2 heterocycles. The van der Waals surface area contributed by atoms with Crippen molar-refractivity contribution in [3.05, 3.63) is 50.8 Å². The lowest BCUT2D eigenvalue weighted by molar-refractivity contribution is 0.0963. The van der Waals surface area contributed by atoms with Crippen molar-refractivity contribution in [1.29, 1.82) is 0 Å². The molecule has 0 atom stereocenters. The van der Waals surface area contributed by atoms with Gasteiger partial charge in [-0.05, 0) is 31.2 Å². The number of fused-ring (bicyclic) bond motifs is 1. The van der Waals surface area contributed by atoms with Crippen LogP contribution in [-0.2, 0) is 0 Å². The highest BCUT2D eigenvalue weighted by molar-refractivity contribution is 7.10. The zero-order chi connectivity index (χ0) is 16.7. The third-order valence-electron chi connectivity index (χ3n) is 3.57. The van der Waals surface area contributed by atoms with Crippen molar-refractivity contribution in [2.75, 3.05) is 7.11 Å². The van der Waals surface area contributed by atoms with Gasteiger partial charge in [0.25, 0.3) is 12.3 Å². The predicted octanol–water partition coefficient (Wildman–Crippen LogP) is 5.30. The minimum Gasteiger partial charge on any atom is -0.495 e. The highest BCUT2D eigenvalue weighted by Crippen LogP contribution is 2.35. The molecule has 120 valence electrons. The fraction of sp³-hybridized carbons (Fsp3) is 0.188. The summed E-state index contributed by atoms with van der Waals surface area (Å²) in [7, 11) is 1.51. The van der Waals surface area contributed by atoms with Gasteiger partial charge in [0.2, 0.25) is 0 Å². The molecule has 0 amide bonds. The van der Waals surface area contributed by atoms with Crippen LogP contribution >= 0.6 is 22.9 Å². The number of alkyl halides is 2. The topological polar surface area (TPSA) is 31.2 Å². The molecule has 0 aliphatic rings. The minimum atomic E-state index is -2.58. The Morgan fingerprint density at radius 3 is 2.70 bits per heavy atom. The van der Waals surface area contributed by atoms with E-state index in [-0.39, 0.29) is 16.3 Å². The van der Waals surface area contributed by atoms with E-state index in [2.05, 4.69) is 0 Å². The molecule has 0 N–H and O–H groups in total. The second kappa shape index (κ2) is 5.94. The molecule has 0 aliphatic carbocycles. The molecule has 7 heteroatoms. The van der Waals surface area contributed by atoms with Crippen molar-refractivity contribution >= 4 is 39.7 Å². The van der Waals surface area contributed by atoms with Crippen LogP contribution in [0.5, 0.6) is 5.75 Å². The van der Waals surface area contributed by atoms with Crippen LogP contribution in [0.15, 0.2) is 29.6 Å². The van der Waals surface area contributed by atoms with Crippen molar-refractivity contribution in [1.82, 2.24) is 4.57 Å².